The molecule has 0 saturated carbocycles. The lowest BCUT2D eigenvalue weighted by molar-refractivity contribution is 1.13. The minimum atomic E-state index is -3.09. The molecule has 11 aromatic carbocycles. The highest BCUT2D eigenvalue weighted by Gasteiger charge is 2.43. The maximum Gasteiger partial charge on any atom is 0.181 e. The normalized spacial score (nSPS) is 12.0. The predicted molar refractivity (Wildman–Crippen MR) is 299 cm³/mol. The van der Waals surface area contributed by atoms with Crippen molar-refractivity contribution in [3.8, 4) is 28.2 Å². The summed E-state index contributed by atoms with van der Waals surface area (Å²) < 4.78 is 7.61. The van der Waals surface area contributed by atoms with Gasteiger partial charge in [0, 0.05) is 43.7 Å². The molecule has 328 valence electrons. The van der Waals surface area contributed by atoms with Crippen molar-refractivity contribution >= 4 is 94.2 Å². The second-order valence-corrected chi connectivity index (χ2v) is 22.2. The van der Waals surface area contributed by atoms with E-state index in [-0.39, 0.29) is 0 Å². The second-order valence-electron chi connectivity index (χ2n) is 18.4. The summed E-state index contributed by atoms with van der Waals surface area (Å²) in [4.78, 5) is 0. The van der Waals surface area contributed by atoms with Crippen molar-refractivity contribution in [2.75, 3.05) is 0 Å². The van der Waals surface area contributed by atoms with Gasteiger partial charge in [0.05, 0.1) is 38.8 Å². The van der Waals surface area contributed by atoms with E-state index >= 15 is 0 Å². The van der Waals surface area contributed by atoms with E-state index in [4.69, 9.17) is 0 Å². The van der Waals surface area contributed by atoms with Gasteiger partial charge < -0.3 is 13.7 Å². The van der Waals surface area contributed by atoms with Crippen molar-refractivity contribution in [2.45, 2.75) is 0 Å². The lowest BCUT2D eigenvalue weighted by Crippen LogP contribution is -2.75. The van der Waals surface area contributed by atoms with E-state index in [1.54, 1.807) is 0 Å². The highest BCUT2D eigenvalue weighted by molar-refractivity contribution is 7.20. The van der Waals surface area contributed by atoms with Crippen LogP contribution in [0.2, 0.25) is 0 Å². The Bertz CT molecular complexity index is 4130. The number of benzene rings is 11. The third kappa shape index (κ3) is 5.94. The van der Waals surface area contributed by atoms with Crippen LogP contribution in [0, 0.1) is 0 Å². The van der Waals surface area contributed by atoms with E-state index in [0.29, 0.717) is 0 Å². The van der Waals surface area contributed by atoms with Crippen LogP contribution in [0.4, 0.5) is 0 Å². The van der Waals surface area contributed by atoms with Gasteiger partial charge in [0.25, 0.3) is 0 Å². The fraction of sp³-hybridized carbons (Fsp3) is 0. The average Bonchev–Trinajstić information content (AvgIpc) is 4.09. The molecule has 4 heteroatoms. The number of rotatable bonds is 8. The molecule has 14 aromatic rings. The van der Waals surface area contributed by atoms with Crippen molar-refractivity contribution in [2.24, 2.45) is 0 Å². The van der Waals surface area contributed by atoms with Crippen LogP contribution in [0.15, 0.2) is 273 Å². The fourth-order valence-corrected chi connectivity index (χ4v) is 16.8. The molecule has 0 fully saturated rings. The van der Waals surface area contributed by atoms with E-state index in [9.17, 15) is 0 Å². The lowest BCUT2D eigenvalue weighted by atomic mass is 10.1. The number of hydrogen-bond donors (Lipinski definition) is 0. The van der Waals surface area contributed by atoms with E-state index in [1.807, 2.05) is 0 Å². The number of aromatic nitrogens is 3. The predicted octanol–water partition coefficient (Wildman–Crippen LogP) is 14.0. The maximum absolute atomic E-state index is 3.09. The molecule has 0 spiro atoms. The third-order valence-corrected chi connectivity index (χ3v) is 19.6. The first-order chi connectivity index (χ1) is 34.8. The Morgan fingerprint density at radius 1 is 0.243 bits per heavy atom. The summed E-state index contributed by atoms with van der Waals surface area (Å²) in [6.45, 7) is 0. The van der Waals surface area contributed by atoms with Gasteiger partial charge in [0.1, 0.15) is 0 Å². The first-order valence-corrected chi connectivity index (χ1v) is 26.2. The summed E-state index contributed by atoms with van der Waals surface area (Å²) in [7, 11) is -3.09. The topological polar surface area (TPSA) is 14.8 Å². The van der Waals surface area contributed by atoms with Crippen molar-refractivity contribution in [1.29, 1.82) is 0 Å². The number of hydrogen-bond acceptors (Lipinski definition) is 0. The van der Waals surface area contributed by atoms with Gasteiger partial charge >= 0.3 is 0 Å². The quantitative estimate of drug-likeness (QED) is 0.107. The van der Waals surface area contributed by atoms with Crippen LogP contribution >= 0.6 is 0 Å². The van der Waals surface area contributed by atoms with Gasteiger partial charge in [0.15, 0.2) is 8.07 Å². The number of fused-ring (bicyclic) bond motifs is 9. The van der Waals surface area contributed by atoms with Gasteiger partial charge in [0.2, 0.25) is 0 Å². The lowest BCUT2D eigenvalue weighted by Gasteiger charge is -2.35. The van der Waals surface area contributed by atoms with Crippen LogP contribution < -0.4 is 20.7 Å². The zero-order chi connectivity index (χ0) is 46.2. The van der Waals surface area contributed by atoms with Gasteiger partial charge in [-0.1, -0.05) is 224 Å². The van der Waals surface area contributed by atoms with Crippen LogP contribution in [-0.4, -0.2) is 21.8 Å². The zero-order valence-corrected chi connectivity index (χ0v) is 39.3. The number of nitrogens with zero attached hydrogens (tertiary/aromatic N) is 3. The SMILES string of the molecule is c1ccc(-c2cccc(-n3c4ccccc4c4cccc(-n5c6cc(-n7c8ccccc8c8ccccc87)ccc6c6cccc([Si](c7ccccc7)(c7ccccc7)c7ccccc7)c65)c43)c2)cc1. The highest BCUT2D eigenvalue weighted by Crippen LogP contribution is 2.42. The minimum absolute atomic E-state index is 1.12. The molecule has 70 heavy (non-hydrogen) atoms. The summed E-state index contributed by atoms with van der Waals surface area (Å²) in [5, 5.41) is 12.7. The second kappa shape index (κ2) is 16.1. The van der Waals surface area contributed by atoms with E-state index in [0.717, 1.165) is 28.1 Å². The van der Waals surface area contributed by atoms with Crippen LogP contribution in [0.1, 0.15) is 0 Å². The summed E-state index contributed by atoms with van der Waals surface area (Å²) in [5.74, 6) is 0. The van der Waals surface area contributed by atoms with Crippen molar-refractivity contribution in [3.63, 3.8) is 0 Å². The summed E-state index contributed by atoms with van der Waals surface area (Å²) in [6, 6.07) is 102. The first kappa shape index (κ1) is 40.1. The van der Waals surface area contributed by atoms with Crippen LogP contribution in [0.25, 0.3) is 93.6 Å². The van der Waals surface area contributed by atoms with Crippen molar-refractivity contribution in [1.82, 2.24) is 13.7 Å². The van der Waals surface area contributed by atoms with Crippen molar-refractivity contribution < 1.29 is 0 Å². The molecule has 3 heterocycles. The summed E-state index contributed by atoms with van der Waals surface area (Å²) >= 11 is 0. The summed E-state index contributed by atoms with van der Waals surface area (Å²) in [6.07, 6.45) is 0. The molecule has 0 atom stereocenters. The first-order valence-electron chi connectivity index (χ1n) is 24.2. The fourth-order valence-electron chi connectivity index (χ4n) is 11.9. The molecule has 0 aliphatic carbocycles. The third-order valence-electron chi connectivity index (χ3n) is 14.8. The Labute approximate surface area is 407 Å². The Morgan fingerprint density at radius 2 is 0.671 bits per heavy atom. The maximum atomic E-state index is 2.65. The van der Waals surface area contributed by atoms with E-state index < -0.39 is 8.07 Å². The molecule has 3 nitrogen and oxygen atoms in total. The Kier molecular flexibility index (Phi) is 9.23. The highest BCUT2D eigenvalue weighted by atomic mass is 28.3. The molecule has 0 unspecified atom stereocenters. The smallest absolute Gasteiger partial charge is 0.181 e. The van der Waals surface area contributed by atoms with Gasteiger partial charge in [-0.15, -0.1) is 0 Å². The minimum Gasteiger partial charge on any atom is -0.309 e. The standard InChI is InChI=1S/C66H45N3Si/c1-5-22-46(23-6-1)47-24-19-25-48(44-47)68-61-39-18-15-34-55(61)57-35-20-40-62(65(57)68)69-63-45-49(67-59-37-16-13-32-53(59)54-33-14-17-38-60(54)67)42-43-56(63)58-36-21-41-64(66(58)69)70(50-26-7-2-8-27-50,51-28-9-3-10-29-51)52-30-11-4-12-31-52/h1-45H. The molecular weight excluding hydrogens is 863 g/mol. The largest absolute Gasteiger partial charge is 0.309 e. The number of para-hydroxylation sites is 5. The van der Waals surface area contributed by atoms with Gasteiger partial charge in [-0.05, 0) is 80.4 Å². The zero-order valence-electron chi connectivity index (χ0n) is 38.3. The molecule has 0 amide bonds. The van der Waals surface area contributed by atoms with Crippen molar-refractivity contribution in [3.05, 3.63) is 273 Å². The molecule has 0 radical (unpaired) electrons. The molecule has 0 N–H and O–H groups in total. The molecule has 0 aliphatic heterocycles. The van der Waals surface area contributed by atoms with Crippen LogP contribution in [-0.2, 0) is 0 Å². The molecule has 0 aliphatic rings. The molecule has 3 aromatic heterocycles. The summed E-state index contributed by atoms with van der Waals surface area (Å²) in [5.41, 5.74) is 12.8. The van der Waals surface area contributed by atoms with Gasteiger partial charge in [-0.3, -0.25) is 0 Å². The Morgan fingerprint density at radius 3 is 1.27 bits per heavy atom. The molecule has 14 rings (SSSR count). The van der Waals surface area contributed by atoms with E-state index in [2.05, 4.69) is 287 Å². The Hall–Kier alpha value is -8.96. The monoisotopic (exact) mass is 907 g/mol. The average molecular weight is 908 g/mol. The van der Waals surface area contributed by atoms with Gasteiger partial charge in [-0.2, -0.15) is 0 Å². The Balaban J connectivity index is 1.18. The molecule has 0 saturated heterocycles. The van der Waals surface area contributed by atoms with Crippen LogP contribution in [0.3, 0.4) is 0 Å². The molecular formula is C66H45N3Si. The van der Waals surface area contributed by atoms with Crippen LogP contribution in [0.5, 0.6) is 0 Å². The van der Waals surface area contributed by atoms with E-state index in [1.165, 1.54) is 86.3 Å². The van der Waals surface area contributed by atoms with Gasteiger partial charge in [-0.25, -0.2) is 0 Å². The molecule has 0 bridgehead atoms.